The predicted octanol–water partition coefficient (Wildman–Crippen LogP) is 4.07. The summed E-state index contributed by atoms with van der Waals surface area (Å²) in [5.41, 5.74) is -6.22. The van der Waals surface area contributed by atoms with Crippen molar-refractivity contribution in [2.24, 2.45) is 23.2 Å². The van der Waals surface area contributed by atoms with Crippen LogP contribution in [0.4, 0.5) is 18.9 Å². The average Bonchev–Trinajstić information content (AvgIpc) is 2.52. The van der Waals surface area contributed by atoms with Gasteiger partial charge in [-0.1, -0.05) is 6.07 Å². The quantitative estimate of drug-likeness (QED) is 0.608. The van der Waals surface area contributed by atoms with Crippen LogP contribution in [0.1, 0.15) is 38.5 Å². The largest absolute Gasteiger partial charge is 0.516 e. The molecule has 9 heteroatoms. The summed E-state index contributed by atoms with van der Waals surface area (Å²) < 4.78 is 67.0. The van der Waals surface area contributed by atoms with E-state index in [0.717, 1.165) is 25.3 Å². The first-order valence-electron chi connectivity index (χ1n) is 8.98. The monoisotopic (exact) mass is 403 g/mol. The van der Waals surface area contributed by atoms with E-state index >= 15 is 0 Å². The molecular weight excluding hydrogens is 383 g/mol. The number of sulfonamides is 1. The Morgan fingerprint density at radius 2 is 1.63 bits per heavy atom. The second-order valence-electron chi connectivity index (χ2n) is 8.17. The molecule has 1 N–H and O–H groups in total. The van der Waals surface area contributed by atoms with Gasteiger partial charge in [0.1, 0.15) is 5.75 Å². The molecule has 1 aromatic carbocycles. The van der Waals surface area contributed by atoms with Crippen molar-refractivity contribution in [3.8, 4) is 5.75 Å². The van der Waals surface area contributed by atoms with Crippen molar-refractivity contribution < 1.29 is 31.1 Å². The molecule has 0 radical (unpaired) electrons. The van der Waals surface area contributed by atoms with Crippen molar-refractivity contribution >= 4 is 21.7 Å². The van der Waals surface area contributed by atoms with Gasteiger partial charge in [0.05, 0.1) is 11.1 Å². The SMILES string of the molecule is O=C(Oc1cccc(NS(=O)(=O)C(F)(F)F)c1)C12CC3CC(CC(C3)C1)C2. The molecule has 0 unspecified atom stereocenters. The van der Waals surface area contributed by atoms with Gasteiger partial charge in [0.2, 0.25) is 0 Å². The smallest absolute Gasteiger partial charge is 0.426 e. The maximum atomic E-state index is 12.9. The Morgan fingerprint density at radius 3 is 2.15 bits per heavy atom. The first-order valence-corrected chi connectivity index (χ1v) is 10.5. The molecule has 4 aliphatic rings. The Balaban J connectivity index is 1.50. The highest BCUT2D eigenvalue weighted by atomic mass is 32.2. The molecule has 0 atom stereocenters. The van der Waals surface area contributed by atoms with E-state index in [1.54, 1.807) is 0 Å². The third-order valence-electron chi connectivity index (χ3n) is 6.07. The van der Waals surface area contributed by atoms with Crippen LogP contribution in [-0.4, -0.2) is 19.9 Å². The van der Waals surface area contributed by atoms with E-state index in [4.69, 9.17) is 4.74 Å². The van der Waals surface area contributed by atoms with Gasteiger partial charge in [-0.15, -0.1) is 0 Å². The fraction of sp³-hybridized carbons (Fsp3) is 0.611. The number of carbonyl (C=O) groups excluding carboxylic acids is 1. The third-order valence-corrected chi connectivity index (χ3v) is 7.19. The van der Waals surface area contributed by atoms with Gasteiger partial charge in [-0.05, 0) is 68.4 Å². The van der Waals surface area contributed by atoms with Crippen molar-refractivity contribution in [2.45, 2.75) is 44.0 Å². The highest BCUT2D eigenvalue weighted by Gasteiger charge is 2.55. The molecule has 4 bridgehead atoms. The van der Waals surface area contributed by atoms with Crippen LogP contribution in [0.15, 0.2) is 24.3 Å². The number of nitrogens with one attached hydrogen (secondary N) is 1. The molecule has 0 saturated heterocycles. The molecule has 4 saturated carbocycles. The first kappa shape index (κ1) is 18.6. The second-order valence-corrected chi connectivity index (χ2v) is 9.84. The highest BCUT2D eigenvalue weighted by molar-refractivity contribution is 7.93. The van der Waals surface area contributed by atoms with Crippen LogP contribution in [0.2, 0.25) is 0 Å². The van der Waals surface area contributed by atoms with Gasteiger partial charge in [0, 0.05) is 6.07 Å². The van der Waals surface area contributed by atoms with Crippen LogP contribution < -0.4 is 9.46 Å². The van der Waals surface area contributed by atoms with Crippen molar-refractivity contribution in [2.75, 3.05) is 4.72 Å². The lowest BCUT2D eigenvalue weighted by Gasteiger charge is -2.55. The topological polar surface area (TPSA) is 72.5 Å². The lowest BCUT2D eigenvalue weighted by Crippen LogP contribution is -2.51. The fourth-order valence-electron chi connectivity index (χ4n) is 5.41. The fourth-order valence-corrected chi connectivity index (χ4v) is 5.97. The van der Waals surface area contributed by atoms with Gasteiger partial charge in [-0.3, -0.25) is 9.52 Å². The minimum Gasteiger partial charge on any atom is -0.426 e. The first-order chi connectivity index (χ1) is 12.6. The minimum absolute atomic E-state index is 0.0399. The van der Waals surface area contributed by atoms with E-state index in [-0.39, 0.29) is 17.4 Å². The normalized spacial score (nSPS) is 32.3. The number of alkyl halides is 3. The maximum absolute atomic E-state index is 12.9. The number of benzene rings is 1. The summed E-state index contributed by atoms with van der Waals surface area (Å²) >= 11 is 0. The Kier molecular flexibility index (Phi) is 4.21. The summed E-state index contributed by atoms with van der Waals surface area (Å²) in [4.78, 5) is 12.9. The molecule has 0 amide bonds. The molecule has 5 rings (SSSR count). The number of anilines is 1. The van der Waals surface area contributed by atoms with Crippen molar-refractivity contribution in [3.05, 3.63) is 24.3 Å². The lowest BCUT2D eigenvalue weighted by molar-refractivity contribution is -0.161. The van der Waals surface area contributed by atoms with Crippen LogP contribution in [0.3, 0.4) is 0 Å². The van der Waals surface area contributed by atoms with Crippen LogP contribution in [0.25, 0.3) is 0 Å². The number of rotatable bonds is 4. The van der Waals surface area contributed by atoms with E-state index < -0.39 is 20.9 Å². The Hall–Kier alpha value is -1.77. The van der Waals surface area contributed by atoms with Crippen LogP contribution in [-0.2, 0) is 14.8 Å². The summed E-state index contributed by atoms with van der Waals surface area (Å²) in [6.45, 7) is 0. The Labute approximate surface area is 155 Å². The Morgan fingerprint density at radius 1 is 1.07 bits per heavy atom. The molecule has 1 aromatic rings. The minimum atomic E-state index is -5.52. The number of halogens is 3. The van der Waals surface area contributed by atoms with E-state index in [1.165, 1.54) is 42.2 Å². The zero-order chi connectivity index (χ0) is 19.4. The average molecular weight is 403 g/mol. The number of hydrogen-bond acceptors (Lipinski definition) is 4. The molecule has 27 heavy (non-hydrogen) atoms. The van der Waals surface area contributed by atoms with E-state index in [2.05, 4.69) is 0 Å². The zero-order valence-electron chi connectivity index (χ0n) is 14.5. The zero-order valence-corrected chi connectivity index (χ0v) is 15.3. The Bertz CT molecular complexity index is 830. The number of ether oxygens (including phenoxy) is 1. The standard InChI is InChI=1S/C18H20F3NO4S/c19-18(20,21)27(24,25)22-14-2-1-3-15(7-14)26-16(23)17-8-11-4-12(9-17)6-13(5-11)10-17/h1-3,7,11-13,22H,4-6,8-10H2. The lowest BCUT2D eigenvalue weighted by atomic mass is 9.49. The van der Waals surface area contributed by atoms with Gasteiger partial charge < -0.3 is 4.74 Å². The van der Waals surface area contributed by atoms with E-state index in [0.29, 0.717) is 17.8 Å². The molecule has 4 fully saturated rings. The maximum Gasteiger partial charge on any atom is 0.516 e. The van der Waals surface area contributed by atoms with Crippen molar-refractivity contribution in [3.63, 3.8) is 0 Å². The van der Waals surface area contributed by atoms with Gasteiger partial charge in [0.15, 0.2) is 0 Å². The van der Waals surface area contributed by atoms with Crippen LogP contribution in [0, 0.1) is 23.2 Å². The molecular formula is C18H20F3NO4S. The van der Waals surface area contributed by atoms with E-state index in [1.807, 2.05) is 0 Å². The summed E-state index contributed by atoms with van der Waals surface area (Å²) in [6.07, 6.45) is 5.92. The molecule has 0 spiro atoms. The van der Waals surface area contributed by atoms with Gasteiger partial charge in [-0.25, -0.2) is 0 Å². The van der Waals surface area contributed by atoms with Crippen LogP contribution in [0.5, 0.6) is 5.75 Å². The van der Waals surface area contributed by atoms with Gasteiger partial charge in [-0.2, -0.15) is 21.6 Å². The summed E-state index contributed by atoms with van der Waals surface area (Å²) in [5.74, 6) is 1.34. The highest BCUT2D eigenvalue weighted by Crippen LogP contribution is 2.60. The van der Waals surface area contributed by atoms with E-state index in [9.17, 15) is 26.4 Å². The summed E-state index contributed by atoms with van der Waals surface area (Å²) in [6, 6.07) is 5.05. The number of carbonyl (C=O) groups is 1. The molecule has 4 aliphatic carbocycles. The van der Waals surface area contributed by atoms with Gasteiger partial charge >= 0.3 is 21.5 Å². The molecule has 148 valence electrons. The van der Waals surface area contributed by atoms with Gasteiger partial charge in [0.25, 0.3) is 0 Å². The van der Waals surface area contributed by atoms with Crippen LogP contribution >= 0.6 is 0 Å². The van der Waals surface area contributed by atoms with Crippen molar-refractivity contribution in [1.82, 2.24) is 0 Å². The molecule has 0 heterocycles. The van der Waals surface area contributed by atoms with Crippen molar-refractivity contribution in [1.29, 1.82) is 0 Å². The predicted molar refractivity (Wildman–Crippen MR) is 91.3 cm³/mol. The second kappa shape index (κ2) is 6.12. The molecule has 0 aliphatic heterocycles. The number of hydrogen-bond donors (Lipinski definition) is 1. The third kappa shape index (κ3) is 3.41. The summed E-state index contributed by atoms with van der Waals surface area (Å²) in [7, 11) is -5.52. The number of esters is 1. The molecule has 5 nitrogen and oxygen atoms in total. The summed E-state index contributed by atoms with van der Waals surface area (Å²) in [5, 5.41) is 0. The molecule has 0 aromatic heterocycles.